The number of carbonyl (C=O) groups excluding carboxylic acids is 1. The summed E-state index contributed by atoms with van der Waals surface area (Å²) in [6.07, 6.45) is 5.47. The third-order valence-electron chi connectivity index (χ3n) is 7.23. The first-order valence-electron chi connectivity index (χ1n) is 12.0. The zero-order chi connectivity index (χ0) is 27.5. The smallest absolute Gasteiger partial charge is 0.243 e. The molecule has 6 rings (SSSR count). The maximum Gasteiger partial charge on any atom is 0.243 e. The lowest BCUT2D eigenvalue weighted by atomic mass is 9.66. The SMILES string of the molecule is Cc1cnc(C(=O)C23Cc4cnn(-c5ccc(F)cc5)c4C=C2CCN(S(=O)(=O)c2ccc(F)c(F)c2)C3)s1. The molecular formula is C27H21F3N4O3S2. The highest BCUT2D eigenvalue weighted by Crippen LogP contribution is 2.47. The first-order chi connectivity index (χ1) is 18.6. The Morgan fingerprint density at radius 1 is 1.05 bits per heavy atom. The van der Waals surface area contributed by atoms with E-state index in [9.17, 15) is 26.4 Å². The topological polar surface area (TPSA) is 85.2 Å². The van der Waals surface area contributed by atoms with Crippen molar-refractivity contribution >= 4 is 33.2 Å². The number of piperidine rings is 1. The molecule has 7 nitrogen and oxygen atoms in total. The van der Waals surface area contributed by atoms with Gasteiger partial charge in [0.05, 0.1) is 27.9 Å². The van der Waals surface area contributed by atoms with Gasteiger partial charge in [0.25, 0.3) is 0 Å². The number of nitrogens with zero attached hydrogens (tertiary/aromatic N) is 4. The summed E-state index contributed by atoms with van der Waals surface area (Å²) in [4.78, 5) is 18.8. The zero-order valence-corrected chi connectivity index (χ0v) is 22.2. The molecule has 0 saturated carbocycles. The molecule has 3 heterocycles. The fraction of sp³-hybridized carbons (Fsp3) is 0.222. The van der Waals surface area contributed by atoms with Crippen LogP contribution in [0.3, 0.4) is 0 Å². The Morgan fingerprint density at radius 3 is 2.51 bits per heavy atom. The number of hydrogen-bond donors (Lipinski definition) is 0. The summed E-state index contributed by atoms with van der Waals surface area (Å²) in [5, 5.41) is 4.74. The maximum atomic E-state index is 14.1. The molecule has 1 aliphatic carbocycles. The van der Waals surface area contributed by atoms with Crippen LogP contribution in [0.25, 0.3) is 11.8 Å². The highest BCUT2D eigenvalue weighted by molar-refractivity contribution is 7.89. The molecule has 12 heteroatoms. The molecule has 1 unspecified atom stereocenters. The van der Waals surface area contributed by atoms with E-state index < -0.39 is 27.1 Å². The number of hydrogen-bond acceptors (Lipinski definition) is 6. The molecule has 0 amide bonds. The molecule has 0 bridgehead atoms. The summed E-state index contributed by atoms with van der Waals surface area (Å²) in [7, 11) is -4.25. The predicted molar refractivity (Wildman–Crippen MR) is 139 cm³/mol. The number of rotatable bonds is 5. The summed E-state index contributed by atoms with van der Waals surface area (Å²) < 4.78 is 70.9. The quantitative estimate of drug-likeness (QED) is 0.317. The molecule has 1 saturated heterocycles. The first-order valence-corrected chi connectivity index (χ1v) is 14.3. The molecule has 4 aromatic rings. The van der Waals surface area contributed by atoms with Gasteiger partial charge in [0.1, 0.15) is 5.82 Å². The number of Topliss-reactive ketones (excluding diaryl/α,β-unsaturated/α-hetero) is 1. The summed E-state index contributed by atoms with van der Waals surface area (Å²) >= 11 is 1.23. The van der Waals surface area contributed by atoms with Crippen molar-refractivity contribution in [2.75, 3.05) is 13.1 Å². The highest BCUT2D eigenvalue weighted by Gasteiger charge is 2.51. The van der Waals surface area contributed by atoms with Gasteiger partial charge in [0.2, 0.25) is 15.8 Å². The van der Waals surface area contributed by atoms with Crippen molar-refractivity contribution in [3.8, 4) is 5.69 Å². The molecule has 0 radical (unpaired) electrons. The van der Waals surface area contributed by atoms with Gasteiger partial charge in [0.15, 0.2) is 16.6 Å². The Morgan fingerprint density at radius 2 is 1.82 bits per heavy atom. The molecular weight excluding hydrogens is 549 g/mol. The van der Waals surface area contributed by atoms with Crippen molar-refractivity contribution in [2.45, 2.75) is 24.7 Å². The van der Waals surface area contributed by atoms with Crippen molar-refractivity contribution in [1.29, 1.82) is 0 Å². The average molecular weight is 571 g/mol. The standard InChI is InChI=1S/C27H21F3N4O3S2/c1-16-13-31-26(38-16)25(35)27-12-17-14-32-34(20-4-2-19(28)3-5-20)24(17)10-18(27)8-9-33(15-27)39(36,37)21-6-7-22(29)23(30)11-21/h2-7,10-11,13-14H,8-9,12,15H2,1H3. The lowest BCUT2D eigenvalue weighted by Crippen LogP contribution is -2.53. The molecule has 2 aromatic carbocycles. The Bertz CT molecular complexity index is 1760. The summed E-state index contributed by atoms with van der Waals surface area (Å²) in [5.41, 5.74) is 1.55. The third-order valence-corrected chi connectivity index (χ3v) is 9.98. The number of fused-ring (bicyclic) bond motifs is 2. The second-order valence-electron chi connectivity index (χ2n) is 9.64. The van der Waals surface area contributed by atoms with E-state index in [-0.39, 0.29) is 47.4 Å². The van der Waals surface area contributed by atoms with Gasteiger partial charge in [-0.1, -0.05) is 5.57 Å². The van der Waals surface area contributed by atoms with Crippen LogP contribution in [0, 0.1) is 29.8 Å². The number of thiazole rings is 1. The third kappa shape index (κ3) is 4.23. The van der Waals surface area contributed by atoms with Crippen LogP contribution in [0.1, 0.15) is 32.4 Å². The second-order valence-corrected chi connectivity index (χ2v) is 12.8. The number of sulfonamides is 1. The van der Waals surface area contributed by atoms with E-state index in [1.807, 2.05) is 13.0 Å². The van der Waals surface area contributed by atoms with Gasteiger partial charge in [-0.05, 0) is 73.9 Å². The second kappa shape index (κ2) is 9.25. The Labute approximate surface area is 226 Å². The van der Waals surface area contributed by atoms with Crippen LogP contribution in [0.4, 0.5) is 13.2 Å². The van der Waals surface area contributed by atoms with Gasteiger partial charge in [0, 0.05) is 24.2 Å². The zero-order valence-electron chi connectivity index (χ0n) is 20.6. The van der Waals surface area contributed by atoms with Crippen LogP contribution < -0.4 is 0 Å². The maximum absolute atomic E-state index is 14.1. The van der Waals surface area contributed by atoms with Crippen LogP contribution in [0.5, 0.6) is 0 Å². The number of aromatic nitrogens is 3. The van der Waals surface area contributed by atoms with Crippen molar-refractivity contribution in [2.24, 2.45) is 5.41 Å². The van der Waals surface area contributed by atoms with Crippen molar-refractivity contribution in [3.05, 3.63) is 99.0 Å². The minimum Gasteiger partial charge on any atom is -0.290 e. The highest BCUT2D eigenvalue weighted by atomic mass is 32.2. The van der Waals surface area contributed by atoms with Gasteiger partial charge in [-0.3, -0.25) is 4.79 Å². The van der Waals surface area contributed by atoms with Crippen LogP contribution in [-0.2, 0) is 16.4 Å². The molecule has 2 aromatic heterocycles. The van der Waals surface area contributed by atoms with Crippen LogP contribution in [0.15, 0.2) is 65.3 Å². The van der Waals surface area contributed by atoms with Gasteiger partial charge >= 0.3 is 0 Å². The molecule has 39 heavy (non-hydrogen) atoms. The van der Waals surface area contributed by atoms with E-state index >= 15 is 0 Å². The van der Waals surface area contributed by atoms with E-state index in [0.717, 1.165) is 38.1 Å². The average Bonchev–Trinajstić information content (AvgIpc) is 3.54. The number of benzene rings is 2. The lowest BCUT2D eigenvalue weighted by molar-refractivity contribution is 0.0775. The minimum atomic E-state index is -4.25. The Balaban J connectivity index is 1.45. The van der Waals surface area contributed by atoms with Gasteiger partial charge in [-0.2, -0.15) is 9.40 Å². The van der Waals surface area contributed by atoms with Crippen LogP contribution >= 0.6 is 11.3 Å². The minimum absolute atomic E-state index is 0.0408. The molecule has 0 spiro atoms. The molecule has 1 atom stereocenters. The van der Waals surface area contributed by atoms with Gasteiger partial charge in [-0.15, -0.1) is 11.3 Å². The molecule has 200 valence electrons. The van der Waals surface area contributed by atoms with Crippen molar-refractivity contribution in [3.63, 3.8) is 0 Å². The largest absolute Gasteiger partial charge is 0.290 e. The number of ketones is 1. The number of halogens is 3. The van der Waals surface area contributed by atoms with Gasteiger partial charge < -0.3 is 0 Å². The number of aryl methyl sites for hydroxylation is 1. The predicted octanol–water partition coefficient (Wildman–Crippen LogP) is 4.96. The Hall–Kier alpha value is -3.61. The van der Waals surface area contributed by atoms with Crippen molar-refractivity contribution in [1.82, 2.24) is 19.1 Å². The van der Waals surface area contributed by atoms with Crippen molar-refractivity contribution < 1.29 is 26.4 Å². The fourth-order valence-electron chi connectivity index (χ4n) is 5.26. The lowest BCUT2D eigenvalue weighted by Gasteiger charge is -2.44. The molecule has 1 aliphatic heterocycles. The summed E-state index contributed by atoms with van der Waals surface area (Å²) in [5.74, 6) is -3.11. The summed E-state index contributed by atoms with van der Waals surface area (Å²) in [6, 6.07) is 8.31. The Kier molecular flexibility index (Phi) is 6.08. The van der Waals surface area contributed by atoms with E-state index in [1.165, 1.54) is 23.5 Å². The van der Waals surface area contributed by atoms with Crippen LogP contribution in [-0.4, -0.2) is 46.4 Å². The van der Waals surface area contributed by atoms with E-state index in [1.54, 1.807) is 29.2 Å². The van der Waals surface area contributed by atoms with E-state index in [2.05, 4.69) is 10.1 Å². The van der Waals surface area contributed by atoms with E-state index in [0.29, 0.717) is 11.8 Å². The fourth-order valence-corrected chi connectivity index (χ4v) is 7.58. The van der Waals surface area contributed by atoms with E-state index in [4.69, 9.17) is 0 Å². The summed E-state index contributed by atoms with van der Waals surface area (Å²) in [6.45, 7) is 1.67. The normalized spacial score (nSPS) is 19.3. The monoisotopic (exact) mass is 570 g/mol. The van der Waals surface area contributed by atoms with Gasteiger partial charge in [-0.25, -0.2) is 31.3 Å². The number of carbonyl (C=O) groups is 1. The first kappa shape index (κ1) is 25.7. The molecule has 0 N–H and O–H groups in total. The molecule has 2 aliphatic rings. The van der Waals surface area contributed by atoms with Crippen LogP contribution in [0.2, 0.25) is 0 Å². The molecule has 1 fully saturated rings.